The molecule has 0 rings (SSSR count). The highest BCUT2D eigenvalue weighted by molar-refractivity contribution is 4.66. The van der Waals surface area contributed by atoms with E-state index in [0.29, 0.717) is 5.41 Å². The normalized spacial score (nSPS) is 12.6. The van der Waals surface area contributed by atoms with E-state index in [0.717, 1.165) is 5.92 Å². The molecule has 0 unspecified atom stereocenters. The predicted octanol–water partition coefficient (Wildman–Crippen LogP) is 5.74. The molecule has 1 heteroatoms. The van der Waals surface area contributed by atoms with Crippen LogP contribution in [0.15, 0.2) is 0 Å². The third-order valence-corrected chi connectivity index (χ3v) is 3.57. The van der Waals surface area contributed by atoms with Gasteiger partial charge in [0.1, 0.15) is 0 Å². The zero-order valence-corrected chi connectivity index (χ0v) is 14.6. The summed E-state index contributed by atoms with van der Waals surface area (Å²) in [4.78, 5) is 2.49. The monoisotopic (exact) mass is 269 g/mol. The number of unbranched alkanes of at least 4 members (excludes halogenated alkanes) is 6. The Morgan fingerprint density at radius 1 is 0.789 bits per heavy atom. The average Bonchev–Trinajstić information content (AvgIpc) is 2.24. The summed E-state index contributed by atoms with van der Waals surface area (Å²) in [5.41, 5.74) is 0.436. The van der Waals surface area contributed by atoms with Crippen LogP contribution in [0.25, 0.3) is 0 Å². The second kappa shape index (κ2) is 10.7. The maximum atomic E-state index is 2.49. The zero-order valence-electron chi connectivity index (χ0n) is 14.6. The van der Waals surface area contributed by atoms with Crippen molar-refractivity contribution in [2.45, 2.75) is 86.0 Å². The van der Waals surface area contributed by atoms with E-state index in [4.69, 9.17) is 0 Å². The molecule has 0 spiro atoms. The Kier molecular flexibility index (Phi) is 10.7. The van der Waals surface area contributed by atoms with Crippen LogP contribution >= 0.6 is 0 Å². The van der Waals surface area contributed by atoms with Crippen LogP contribution in [-0.2, 0) is 0 Å². The molecule has 0 atom stereocenters. The van der Waals surface area contributed by atoms with E-state index in [2.05, 4.69) is 46.6 Å². The molecule has 19 heavy (non-hydrogen) atoms. The van der Waals surface area contributed by atoms with Crippen LogP contribution in [0.4, 0.5) is 0 Å². The lowest BCUT2D eigenvalue weighted by atomic mass is 9.96. The van der Waals surface area contributed by atoms with Gasteiger partial charge in [-0.1, -0.05) is 79.6 Å². The highest BCUT2D eigenvalue weighted by Crippen LogP contribution is 2.15. The first-order chi connectivity index (χ1) is 8.81. The van der Waals surface area contributed by atoms with Crippen LogP contribution in [0.5, 0.6) is 0 Å². The van der Waals surface area contributed by atoms with Gasteiger partial charge in [0.15, 0.2) is 0 Å². The van der Waals surface area contributed by atoms with Gasteiger partial charge in [0.05, 0.1) is 0 Å². The minimum Gasteiger partial charge on any atom is -0.306 e. The van der Waals surface area contributed by atoms with E-state index in [-0.39, 0.29) is 0 Å². The van der Waals surface area contributed by atoms with Crippen molar-refractivity contribution < 1.29 is 0 Å². The van der Waals surface area contributed by atoms with E-state index < -0.39 is 0 Å². The highest BCUT2D eigenvalue weighted by atomic mass is 15.1. The molecule has 0 N–H and O–H groups in total. The molecule has 116 valence electrons. The molecule has 0 aliphatic heterocycles. The summed E-state index contributed by atoms with van der Waals surface area (Å²) in [7, 11) is 2.26. The molecule has 0 bridgehead atoms. The summed E-state index contributed by atoms with van der Waals surface area (Å²) < 4.78 is 0. The summed E-state index contributed by atoms with van der Waals surface area (Å²) in [6, 6.07) is 0. The van der Waals surface area contributed by atoms with Crippen molar-refractivity contribution in [1.29, 1.82) is 0 Å². The molecule has 1 nitrogen and oxygen atoms in total. The van der Waals surface area contributed by atoms with Gasteiger partial charge >= 0.3 is 0 Å². The Hall–Kier alpha value is -0.0400. The van der Waals surface area contributed by atoms with Crippen molar-refractivity contribution in [2.24, 2.45) is 11.3 Å². The number of hydrogen-bond donors (Lipinski definition) is 0. The van der Waals surface area contributed by atoms with Crippen molar-refractivity contribution in [3.8, 4) is 0 Å². The van der Waals surface area contributed by atoms with Gasteiger partial charge in [-0.2, -0.15) is 0 Å². The van der Waals surface area contributed by atoms with Crippen LogP contribution in [0.1, 0.15) is 86.0 Å². The molecule has 0 aromatic heterocycles. The molecule has 0 amide bonds. The van der Waals surface area contributed by atoms with Crippen LogP contribution in [0.3, 0.4) is 0 Å². The standard InChI is InChI=1S/C18H39N/c1-17(2)14-12-10-8-7-9-11-13-15-19(6)16-18(3,4)5/h17H,7-16H2,1-6H3. The van der Waals surface area contributed by atoms with Crippen molar-refractivity contribution in [2.75, 3.05) is 20.1 Å². The fourth-order valence-corrected chi connectivity index (χ4v) is 2.71. The van der Waals surface area contributed by atoms with Gasteiger partial charge in [0, 0.05) is 6.54 Å². The Balaban J connectivity index is 3.23. The molecule has 0 aliphatic carbocycles. The first-order valence-corrected chi connectivity index (χ1v) is 8.50. The maximum Gasteiger partial charge on any atom is 0.00270 e. The molecule has 0 fully saturated rings. The summed E-state index contributed by atoms with van der Waals surface area (Å²) in [5, 5.41) is 0. The van der Waals surface area contributed by atoms with Gasteiger partial charge in [-0.05, 0) is 31.3 Å². The topological polar surface area (TPSA) is 3.24 Å². The molecule has 0 heterocycles. The SMILES string of the molecule is CC(C)CCCCCCCCCN(C)CC(C)(C)C. The number of nitrogens with zero attached hydrogens (tertiary/aromatic N) is 1. The van der Waals surface area contributed by atoms with Crippen molar-refractivity contribution >= 4 is 0 Å². The molecule has 0 aromatic rings. The lowest BCUT2D eigenvalue weighted by molar-refractivity contribution is 0.223. The van der Waals surface area contributed by atoms with Gasteiger partial charge < -0.3 is 4.90 Å². The lowest BCUT2D eigenvalue weighted by Gasteiger charge is -2.26. The van der Waals surface area contributed by atoms with Crippen LogP contribution in [-0.4, -0.2) is 25.0 Å². The third kappa shape index (κ3) is 15.9. The second-order valence-corrected chi connectivity index (χ2v) is 7.96. The van der Waals surface area contributed by atoms with E-state index in [1.54, 1.807) is 0 Å². The van der Waals surface area contributed by atoms with Gasteiger partial charge in [-0.3, -0.25) is 0 Å². The van der Waals surface area contributed by atoms with Crippen LogP contribution < -0.4 is 0 Å². The molecule has 0 saturated carbocycles. The first kappa shape index (κ1) is 19.0. The quantitative estimate of drug-likeness (QED) is 0.432. The fraction of sp³-hybridized carbons (Fsp3) is 1.00. The average molecular weight is 270 g/mol. The Bertz CT molecular complexity index is 190. The third-order valence-electron chi connectivity index (χ3n) is 3.57. The van der Waals surface area contributed by atoms with Crippen LogP contribution in [0, 0.1) is 11.3 Å². The highest BCUT2D eigenvalue weighted by Gasteiger charge is 2.12. The largest absolute Gasteiger partial charge is 0.306 e. The molecule has 0 aromatic carbocycles. The number of rotatable bonds is 11. The maximum absolute atomic E-state index is 2.49. The number of hydrogen-bond acceptors (Lipinski definition) is 1. The Morgan fingerprint density at radius 2 is 1.26 bits per heavy atom. The van der Waals surface area contributed by atoms with Crippen molar-refractivity contribution in [1.82, 2.24) is 4.90 Å². The fourth-order valence-electron chi connectivity index (χ4n) is 2.71. The lowest BCUT2D eigenvalue weighted by Crippen LogP contribution is -2.30. The van der Waals surface area contributed by atoms with Gasteiger partial charge in [-0.25, -0.2) is 0 Å². The van der Waals surface area contributed by atoms with Crippen molar-refractivity contribution in [3.63, 3.8) is 0 Å². The van der Waals surface area contributed by atoms with Gasteiger partial charge in [0.2, 0.25) is 0 Å². The second-order valence-electron chi connectivity index (χ2n) is 7.96. The smallest absolute Gasteiger partial charge is 0.00270 e. The minimum atomic E-state index is 0.436. The van der Waals surface area contributed by atoms with Gasteiger partial charge in [0.25, 0.3) is 0 Å². The van der Waals surface area contributed by atoms with E-state index >= 15 is 0 Å². The summed E-state index contributed by atoms with van der Waals surface area (Å²) >= 11 is 0. The first-order valence-electron chi connectivity index (χ1n) is 8.50. The van der Waals surface area contributed by atoms with Gasteiger partial charge in [-0.15, -0.1) is 0 Å². The molecular formula is C18H39N. The Morgan fingerprint density at radius 3 is 1.74 bits per heavy atom. The summed E-state index contributed by atoms with van der Waals surface area (Å²) in [6.45, 7) is 14.1. The Labute approximate surface area is 123 Å². The molecular weight excluding hydrogens is 230 g/mol. The predicted molar refractivity (Wildman–Crippen MR) is 88.7 cm³/mol. The van der Waals surface area contributed by atoms with Crippen LogP contribution in [0.2, 0.25) is 0 Å². The summed E-state index contributed by atoms with van der Waals surface area (Å²) in [5.74, 6) is 0.887. The van der Waals surface area contributed by atoms with E-state index in [1.807, 2.05) is 0 Å². The molecule has 0 saturated heterocycles. The minimum absolute atomic E-state index is 0.436. The zero-order chi connectivity index (χ0) is 14.7. The summed E-state index contributed by atoms with van der Waals surface area (Å²) in [6.07, 6.45) is 11.4. The molecule has 0 aliphatic rings. The van der Waals surface area contributed by atoms with E-state index in [9.17, 15) is 0 Å². The van der Waals surface area contributed by atoms with E-state index in [1.165, 1.54) is 64.5 Å². The molecule has 0 radical (unpaired) electrons. The van der Waals surface area contributed by atoms with Crippen molar-refractivity contribution in [3.05, 3.63) is 0 Å².